The summed E-state index contributed by atoms with van der Waals surface area (Å²) in [5.41, 5.74) is 5.51. The van der Waals surface area contributed by atoms with E-state index in [-0.39, 0.29) is 12.3 Å². The molecule has 1 aromatic rings. The van der Waals surface area contributed by atoms with Crippen molar-refractivity contribution in [2.24, 2.45) is 5.73 Å². The molecule has 0 atom stereocenters. The lowest BCUT2D eigenvalue weighted by Gasteiger charge is -2.01. The van der Waals surface area contributed by atoms with Gasteiger partial charge < -0.3 is 5.73 Å². The van der Waals surface area contributed by atoms with Crippen LogP contribution in [0, 0.1) is 11.2 Å². The van der Waals surface area contributed by atoms with Gasteiger partial charge in [0.15, 0.2) is 0 Å². The van der Waals surface area contributed by atoms with Crippen molar-refractivity contribution < 1.29 is 4.39 Å². The van der Waals surface area contributed by atoms with E-state index in [0.29, 0.717) is 10.6 Å². The van der Waals surface area contributed by atoms with Crippen LogP contribution in [0.5, 0.6) is 0 Å². The fraction of sp³-hybridized carbons (Fsp3) is 0.125. The van der Waals surface area contributed by atoms with Gasteiger partial charge in [-0.15, -0.1) is 0 Å². The molecule has 0 amide bonds. The fourth-order valence-electron chi connectivity index (χ4n) is 0.870. The molecule has 1 rings (SSSR count). The molecule has 0 spiro atoms. The first-order chi connectivity index (χ1) is 5.59. The van der Waals surface area contributed by atoms with Gasteiger partial charge in [-0.25, -0.2) is 4.39 Å². The van der Waals surface area contributed by atoms with E-state index < -0.39 is 5.82 Å². The topological polar surface area (TPSA) is 49.9 Å². The molecule has 0 saturated heterocycles. The Kier molecular flexibility index (Phi) is 2.65. The van der Waals surface area contributed by atoms with Gasteiger partial charge in [0.1, 0.15) is 5.82 Å². The molecule has 0 saturated carbocycles. The third-order valence-electron chi connectivity index (χ3n) is 1.40. The van der Waals surface area contributed by atoms with Gasteiger partial charge >= 0.3 is 0 Å². The number of nitrogens with one attached hydrogen (secondary N) is 1. The molecule has 0 radical (unpaired) electrons. The maximum absolute atomic E-state index is 13.0. The van der Waals surface area contributed by atoms with Crippen molar-refractivity contribution in [2.75, 3.05) is 0 Å². The summed E-state index contributed by atoms with van der Waals surface area (Å²) in [4.78, 5) is 0. The molecule has 12 heavy (non-hydrogen) atoms. The first-order valence-electron chi connectivity index (χ1n) is 3.36. The van der Waals surface area contributed by atoms with E-state index in [9.17, 15) is 4.39 Å². The van der Waals surface area contributed by atoms with Crippen molar-refractivity contribution in [3.63, 3.8) is 0 Å². The number of halogens is 2. The molecule has 64 valence electrons. The smallest absolute Gasteiger partial charge is 0.128 e. The Hall–Kier alpha value is -1.09. The first-order valence-corrected chi connectivity index (χ1v) is 3.74. The monoisotopic (exact) mass is 186 g/mol. The molecule has 3 N–H and O–H groups in total. The highest BCUT2D eigenvalue weighted by atomic mass is 35.5. The molecular formula is C8H8ClFN2. The Labute approximate surface area is 74.7 Å². The highest BCUT2D eigenvalue weighted by Crippen LogP contribution is 2.14. The predicted molar refractivity (Wildman–Crippen MR) is 47.0 cm³/mol. The molecule has 0 fully saturated rings. The standard InChI is InChI=1S/C8H8ClFN2/c9-6-2-1-5(3-8(11)12)7(10)4-6/h1-2,4H,3H2,(H3,11,12). The zero-order valence-electron chi connectivity index (χ0n) is 6.27. The van der Waals surface area contributed by atoms with E-state index in [1.54, 1.807) is 6.07 Å². The van der Waals surface area contributed by atoms with E-state index in [2.05, 4.69) is 0 Å². The predicted octanol–water partition coefficient (Wildman–Crippen LogP) is 1.96. The van der Waals surface area contributed by atoms with Gasteiger partial charge in [0.2, 0.25) is 0 Å². The number of amidine groups is 1. The quantitative estimate of drug-likeness (QED) is 0.539. The molecule has 0 aliphatic heterocycles. The van der Waals surface area contributed by atoms with Gasteiger partial charge in [-0.3, -0.25) is 5.41 Å². The summed E-state index contributed by atoms with van der Waals surface area (Å²) in [6.45, 7) is 0. The molecule has 2 nitrogen and oxygen atoms in total. The Morgan fingerprint density at radius 1 is 1.58 bits per heavy atom. The molecule has 1 aromatic carbocycles. The van der Waals surface area contributed by atoms with Gasteiger partial charge in [-0.2, -0.15) is 0 Å². The first kappa shape index (κ1) is 9.00. The Morgan fingerprint density at radius 2 is 2.25 bits per heavy atom. The zero-order chi connectivity index (χ0) is 9.14. The largest absolute Gasteiger partial charge is 0.387 e. The van der Waals surface area contributed by atoms with Crippen LogP contribution in [0.1, 0.15) is 5.56 Å². The summed E-state index contributed by atoms with van der Waals surface area (Å²) in [6.07, 6.45) is 0.128. The average molecular weight is 187 g/mol. The lowest BCUT2D eigenvalue weighted by molar-refractivity contribution is 0.616. The Bertz CT molecular complexity index is 312. The summed E-state index contributed by atoms with van der Waals surface area (Å²) in [5, 5.41) is 7.31. The van der Waals surface area contributed by atoms with Gasteiger partial charge in [-0.05, 0) is 17.7 Å². The molecule has 0 heterocycles. The molecule has 0 bridgehead atoms. The number of hydrogen-bond donors (Lipinski definition) is 2. The second kappa shape index (κ2) is 3.54. The summed E-state index contributed by atoms with van der Waals surface area (Å²) >= 11 is 5.53. The summed E-state index contributed by atoms with van der Waals surface area (Å²) in [7, 11) is 0. The van der Waals surface area contributed by atoms with Gasteiger partial charge in [0.05, 0.1) is 5.84 Å². The number of benzene rings is 1. The van der Waals surface area contributed by atoms with Crippen LogP contribution in [-0.4, -0.2) is 5.84 Å². The minimum atomic E-state index is -0.419. The van der Waals surface area contributed by atoms with Crippen LogP contribution in [0.4, 0.5) is 4.39 Å². The highest BCUT2D eigenvalue weighted by Gasteiger charge is 2.03. The molecular weight excluding hydrogens is 179 g/mol. The van der Waals surface area contributed by atoms with E-state index >= 15 is 0 Å². The van der Waals surface area contributed by atoms with Crippen molar-refractivity contribution in [1.82, 2.24) is 0 Å². The van der Waals surface area contributed by atoms with Crippen LogP contribution in [-0.2, 0) is 6.42 Å². The second-order valence-corrected chi connectivity index (χ2v) is 2.87. The van der Waals surface area contributed by atoms with Crippen LogP contribution < -0.4 is 5.73 Å². The van der Waals surface area contributed by atoms with E-state index in [1.165, 1.54) is 12.1 Å². The second-order valence-electron chi connectivity index (χ2n) is 2.44. The molecule has 4 heteroatoms. The number of nitrogens with two attached hydrogens (primary N) is 1. The van der Waals surface area contributed by atoms with Gasteiger partial charge in [0.25, 0.3) is 0 Å². The Morgan fingerprint density at radius 3 is 2.75 bits per heavy atom. The van der Waals surface area contributed by atoms with Crippen LogP contribution in [0.15, 0.2) is 18.2 Å². The van der Waals surface area contributed by atoms with Crippen molar-refractivity contribution >= 4 is 17.4 Å². The van der Waals surface area contributed by atoms with E-state index in [4.69, 9.17) is 22.7 Å². The van der Waals surface area contributed by atoms with E-state index in [0.717, 1.165) is 0 Å². The number of rotatable bonds is 2. The van der Waals surface area contributed by atoms with Gasteiger partial charge in [-0.1, -0.05) is 17.7 Å². The zero-order valence-corrected chi connectivity index (χ0v) is 7.03. The summed E-state index contributed by atoms with van der Waals surface area (Å²) in [6, 6.07) is 4.31. The van der Waals surface area contributed by atoms with Crippen LogP contribution in [0.25, 0.3) is 0 Å². The van der Waals surface area contributed by atoms with Crippen LogP contribution >= 0.6 is 11.6 Å². The maximum atomic E-state index is 13.0. The van der Waals surface area contributed by atoms with Gasteiger partial charge in [0, 0.05) is 11.4 Å². The van der Waals surface area contributed by atoms with Crippen LogP contribution in [0.2, 0.25) is 5.02 Å². The van der Waals surface area contributed by atoms with Crippen LogP contribution in [0.3, 0.4) is 0 Å². The Balaban J connectivity index is 2.93. The fourth-order valence-corrected chi connectivity index (χ4v) is 1.03. The average Bonchev–Trinajstić information content (AvgIpc) is 1.94. The molecule has 0 aliphatic carbocycles. The molecule has 0 aliphatic rings. The SMILES string of the molecule is N=C(N)Cc1ccc(Cl)cc1F. The number of hydrogen-bond acceptors (Lipinski definition) is 1. The van der Waals surface area contributed by atoms with Crippen molar-refractivity contribution in [2.45, 2.75) is 6.42 Å². The third kappa shape index (κ3) is 2.20. The minimum absolute atomic E-state index is 0.0591. The van der Waals surface area contributed by atoms with E-state index in [1.807, 2.05) is 0 Å². The minimum Gasteiger partial charge on any atom is -0.387 e. The molecule has 0 aromatic heterocycles. The normalized spacial score (nSPS) is 9.83. The van der Waals surface area contributed by atoms with Crippen molar-refractivity contribution in [3.8, 4) is 0 Å². The third-order valence-corrected chi connectivity index (χ3v) is 1.63. The lowest BCUT2D eigenvalue weighted by atomic mass is 10.1. The van der Waals surface area contributed by atoms with Crippen molar-refractivity contribution in [1.29, 1.82) is 5.41 Å². The highest BCUT2D eigenvalue weighted by molar-refractivity contribution is 6.30. The molecule has 0 unspecified atom stereocenters. The lowest BCUT2D eigenvalue weighted by Crippen LogP contribution is -2.13. The van der Waals surface area contributed by atoms with Crippen molar-refractivity contribution in [3.05, 3.63) is 34.6 Å². The summed E-state index contributed by atoms with van der Waals surface area (Å²) < 4.78 is 13.0. The summed E-state index contributed by atoms with van der Waals surface area (Å²) in [5.74, 6) is -0.478. The maximum Gasteiger partial charge on any atom is 0.128 e.